The molecule has 0 aliphatic rings. The SMILES string of the molecule is CCOC(=O)CCCNC(=O)Cc1c(C)nn(C)c1C. The number of esters is 1. The van der Waals surface area contributed by atoms with Crippen LogP contribution in [0.15, 0.2) is 0 Å². The number of nitrogens with zero attached hydrogens (tertiary/aromatic N) is 2. The maximum atomic E-state index is 11.8. The second-order valence-electron chi connectivity index (χ2n) is 4.71. The van der Waals surface area contributed by atoms with Gasteiger partial charge >= 0.3 is 5.97 Å². The molecule has 112 valence electrons. The van der Waals surface area contributed by atoms with E-state index in [0.717, 1.165) is 17.0 Å². The first-order valence-corrected chi connectivity index (χ1v) is 6.87. The summed E-state index contributed by atoms with van der Waals surface area (Å²) in [5.41, 5.74) is 2.85. The average Bonchev–Trinajstić information content (AvgIpc) is 2.62. The topological polar surface area (TPSA) is 73.2 Å². The summed E-state index contributed by atoms with van der Waals surface area (Å²) in [7, 11) is 1.86. The van der Waals surface area contributed by atoms with Gasteiger partial charge in [-0.3, -0.25) is 14.3 Å². The van der Waals surface area contributed by atoms with Gasteiger partial charge in [0.05, 0.1) is 18.7 Å². The molecule has 0 saturated carbocycles. The molecule has 0 fully saturated rings. The molecule has 20 heavy (non-hydrogen) atoms. The second kappa shape index (κ2) is 7.67. The molecule has 0 atom stereocenters. The molecular weight excluding hydrogens is 258 g/mol. The van der Waals surface area contributed by atoms with Gasteiger partial charge in [0.25, 0.3) is 0 Å². The number of carbonyl (C=O) groups excluding carboxylic acids is 2. The first-order valence-electron chi connectivity index (χ1n) is 6.87. The van der Waals surface area contributed by atoms with Gasteiger partial charge in [-0.05, 0) is 27.2 Å². The van der Waals surface area contributed by atoms with E-state index in [9.17, 15) is 9.59 Å². The number of hydrogen-bond acceptors (Lipinski definition) is 4. The molecule has 6 heteroatoms. The summed E-state index contributed by atoms with van der Waals surface area (Å²) in [6.07, 6.45) is 1.25. The van der Waals surface area contributed by atoms with Crippen LogP contribution >= 0.6 is 0 Å². The molecule has 1 N–H and O–H groups in total. The molecule has 1 amide bonds. The zero-order valence-electron chi connectivity index (χ0n) is 12.7. The molecule has 0 spiro atoms. The van der Waals surface area contributed by atoms with E-state index < -0.39 is 0 Å². The molecule has 0 radical (unpaired) electrons. The van der Waals surface area contributed by atoms with Crippen molar-refractivity contribution in [3.05, 3.63) is 17.0 Å². The van der Waals surface area contributed by atoms with Gasteiger partial charge in [0.1, 0.15) is 0 Å². The van der Waals surface area contributed by atoms with E-state index in [1.165, 1.54) is 0 Å². The fraction of sp³-hybridized carbons (Fsp3) is 0.643. The maximum absolute atomic E-state index is 11.8. The highest BCUT2D eigenvalue weighted by atomic mass is 16.5. The van der Waals surface area contributed by atoms with E-state index in [0.29, 0.717) is 32.4 Å². The summed E-state index contributed by atoms with van der Waals surface area (Å²) >= 11 is 0. The van der Waals surface area contributed by atoms with Crippen molar-refractivity contribution in [3.63, 3.8) is 0 Å². The Hall–Kier alpha value is -1.85. The number of hydrogen-bond donors (Lipinski definition) is 1. The molecule has 0 bridgehead atoms. The summed E-state index contributed by atoms with van der Waals surface area (Å²) in [5.74, 6) is -0.270. The molecule has 1 aromatic heterocycles. The van der Waals surface area contributed by atoms with E-state index in [1.807, 2.05) is 20.9 Å². The lowest BCUT2D eigenvalue weighted by Crippen LogP contribution is -2.27. The summed E-state index contributed by atoms with van der Waals surface area (Å²) in [5, 5.41) is 7.09. The van der Waals surface area contributed by atoms with E-state index in [1.54, 1.807) is 11.6 Å². The number of aromatic nitrogens is 2. The molecule has 0 aromatic carbocycles. The Labute approximate surface area is 119 Å². The van der Waals surface area contributed by atoms with Gasteiger partial charge < -0.3 is 10.1 Å². The van der Waals surface area contributed by atoms with Crippen LogP contribution in [0.3, 0.4) is 0 Å². The Kier molecular flexibility index (Phi) is 6.21. The van der Waals surface area contributed by atoms with Crippen molar-refractivity contribution in [2.75, 3.05) is 13.2 Å². The van der Waals surface area contributed by atoms with Crippen molar-refractivity contribution in [1.82, 2.24) is 15.1 Å². The van der Waals surface area contributed by atoms with Gasteiger partial charge in [-0.2, -0.15) is 5.10 Å². The predicted molar refractivity (Wildman–Crippen MR) is 75.3 cm³/mol. The van der Waals surface area contributed by atoms with Crippen LogP contribution in [0.25, 0.3) is 0 Å². The van der Waals surface area contributed by atoms with Gasteiger partial charge in [-0.15, -0.1) is 0 Å². The molecule has 1 rings (SSSR count). The minimum Gasteiger partial charge on any atom is -0.466 e. The van der Waals surface area contributed by atoms with Gasteiger partial charge in [0.2, 0.25) is 5.91 Å². The third kappa shape index (κ3) is 4.68. The van der Waals surface area contributed by atoms with Gasteiger partial charge in [0.15, 0.2) is 0 Å². The molecule has 0 unspecified atom stereocenters. The molecule has 6 nitrogen and oxygen atoms in total. The molecule has 0 aliphatic carbocycles. The standard InChI is InChI=1S/C14H23N3O3/c1-5-20-14(19)7-6-8-15-13(18)9-12-10(2)16-17(4)11(12)3/h5-9H2,1-4H3,(H,15,18). The van der Waals surface area contributed by atoms with Crippen molar-refractivity contribution in [1.29, 1.82) is 0 Å². The highest BCUT2D eigenvalue weighted by Gasteiger charge is 2.13. The highest BCUT2D eigenvalue weighted by Crippen LogP contribution is 2.12. The number of aryl methyl sites for hydroxylation is 2. The van der Waals surface area contributed by atoms with Crippen LogP contribution in [-0.4, -0.2) is 34.8 Å². The van der Waals surface area contributed by atoms with E-state index >= 15 is 0 Å². The molecular formula is C14H23N3O3. The third-order valence-electron chi connectivity index (χ3n) is 3.18. The molecule has 1 aromatic rings. The van der Waals surface area contributed by atoms with E-state index in [2.05, 4.69) is 10.4 Å². The van der Waals surface area contributed by atoms with Gasteiger partial charge in [-0.1, -0.05) is 0 Å². The molecule has 0 saturated heterocycles. The Morgan fingerprint density at radius 2 is 2.05 bits per heavy atom. The van der Waals surface area contributed by atoms with Crippen molar-refractivity contribution in [2.45, 2.75) is 40.0 Å². The lowest BCUT2D eigenvalue weighted by Gasteiger charge is -2.06. The molecule has 1 heterocycles. The largest absolute Gasteiger partial charge is 0.466 e. The fourth-order valence-electron chi connectivity index (χ4n) is 1.99. The molecule has 0 aliphatic heterocycles. The van der Waals surface area contributed by atoms with Gasteiger partial charge in [0, 0.05) is 31.3 Å². The number of rotatable bonds is 7. The fourth-order valence-corrected chi connectivity index (χ4v) is 1.99. The lowest BCUT2D eigenvalue weighted by molar-refractivity contribution is -0.143. The van der Waals surface area contributed by atoms with Crippen molar-refractivity contribution in [2.24, 2.45) is 7.05 Å². The Morgan fingerprint density at radius 3 is 2.60 bits per heavy atom. The Balaban J connectivity index is 2.32. The van der Waals surface area contributed by atoms with Crippen LogP contribution < -0.4 is 5.32 Å². The second-order valence-corrected chi connectivity index (χ2v) is 4.71. The summed E-state index contributed by atoms with van der Waals surface area (Å²) in [6, 6.07) is 0. The smallest absolute Gasteiger partial charge is 0.305 e. The minimum absolute atomic E-state index is 0.0481. The first kappa shape index (κ1) is 16.2. The van der Waals surface area contributed by atoms with E-state index in [-0.39, 0.29) is 11.9 Å². The van der Waals surface area contributed by atoms with Crippen LogP contribution in [0.5, 0.6) is 0 Å². The predicted octanol–water partition coefficient (Wildman–Crippen LogP) is 1.04. The normalized spacial score (nSPS) is 10.4. The minimum atomic E-state index is -0.222. The van der Waals surface area contributed by atoms with Crippen molar-refractivity contribution in [3.8, 4) is 0 Å². The lowest BCUT2D eigenvalue weighted by atomic mass is 10.1. The Morgan fingerprint density at radius 1 is 1.35 bits per heavy atom. The van der Waals surface area contributed by atoms with Gasteiger partial charge in [-0.25, -0.2) is 0 Å². The number of nitrogens with one attached hydrogen (secondary N) is 1. The Bertz CT molecular complexity index is 480. The van der Waals surface area contributed by atoms with Crippen LogP contribution in [0.2, 0.25) is 0 Å². The van der Waals surface area contributed by atoms with Crippen LogP contribution in [-0.2, 0) is 27.8 Å². The zero-order valence-corrected chi connectivity index (χ0v) is 12.7. The highest BCUT2D eigenvalue weighted by molar-refractivity contribution is 5.79. The van der Waals surface area contributed by atoms with Crippen LogP contribution in [0.4, 0.5) is 0 Å². The zero-order chi connectivity index (χ0) is 15.1. The number of carbonyl (C=O) groups is 2. The van der Waals surface area contributed by atoms with E-state index in [4.69, 9.17) is 4.74 Å². The summed E-state index contributed by atoms with van der Waals surface area (Å²) in [6.45, 7) is 6.50. The van der Waals surface area contributed by atoms with Crippen LogP contribution in [0.1, 0.15) is 36.7 Å². The van der Waals surface area contributed by atoms with Crippen molar-refractivity contribution < 1.29 is 14.3 Å². The third-order valence-corrected chi connectivity index (χ3v) is 3.18. The van der Waals surface area contributed by atoms with Crippen LogP contribution in [0, 0.1) is 13.8 Å². The first-order chi connectivity index (χ1) is 9.45. The van der Waals surface area contributed by atoms with Crippen molar-refractivity contribution >= 4 is 11.9 Å². The maximum Gasteiger partial charge on any atom is 0.305 e. The summed E-state index contributed by atoms with van der Waals surface area (Å²) in [4.78, 5) is 23.0. The average molecular weight is 281 g/mol. The number of amides is 1. The quantitative estimate of drug-likeness (QED) is 0.598. The monoisotopic (exact) mass is 281 g/mol. The summed E-state index contributed by atoms with van der Waals surface area (Å²) < 4.78 is 6.59. The number of ether oxygens (including phenoxy) is 1.